The van der Waals surface area contributed by atoms with Crippen LogP contribution in [0.1, 0.15) is 17.7 Å². The molecule has 0 aliphatic heterocycles. The molecule has 3 aromatic rings. The maximum atomic E-state index is 13.7. The van der Waals surface area contributed by atoms with E-state index in [9.17, 15) is 9.18 Å². The fourth-order valence-corrected chi connectivity index (χ4v) is 2.65. The molecule has 0 aliphatic carbocycles. The minimum absolute atomic E-state index is 0.155. The summed E-state index contributed by atoms with van der Waals surface area (Å²) in [6, 6.07) is 17.5. The van der Waals surface area contributed by atoms with Gasteiger partial charge < -0.3 is 14.8 Å². The van der Waals surface area contributed by atoms with Crippen LogP contribution in [-0.2, 0) is 17.8 Å². The van der Waals surface area contributed by atoms with Crippen LogP contribution in [0.25, 0.3) is 0 Å². The van der Waals surface area contributed by atoms with Crippen molar-refractivity contribution < 1.29 is 18.7 Å². The molecule has 0 atom stereocenters. The highest BCUT2D eigenvalue weighted by molar-refractivity contribution is 5.91. The van der Waals surface area contributed by atoms with Crippen LogP contribution >= 0.6 is 0 Å². The lowest BCUT2D eigenvalue weighted by molar-refractivity contribution is -0.116. The van der Waals surface area contributed by atoms with Gasteiger partial charge in [-0.3, -0.25) is 9.78 Å². The topological polar surface area (TPSA) is 60.5 Å². The Labute approximate surface area is 163 Å². The fraction of sp³-hybridized carbons (Fsp3) is 0.182. The van der Waals surface area contributed by atoms with Gasteiger partial charge >= 0.3 is 0 Å². The predicted molar refractivity (Wildman–Crippen MR) is 105 cm³/mol. The third kappa shape index (κ3) is 5.54. The van der Waals surface area contributed by atoms with Gasteiger partial charge in [0, 0.05) is 24.4 Å². The molecule has 28 heavy (non-hydrogen) atoms. The van der Waals surface area contributed by atoms with Crippen LogP contribution in [-0.4, -0.2) is 18.0 Å². The Morgan fingerprint density at radius 2 is 2.00 bits per heavy atom. The number of aryl methyl sites for hydroxylation is 1. The molecule has 1 N–H and O–H groups in total. The molecule has 6 heteroatoms. The first kappa shape index (κ1) is 19.4. The van der Waals surface area contributed by atoms with Crippen LogP contribution in [0.4, 0.5) is 10.1 Å². The van der Waals surface area contributed by atoms with Gasteiger partial charge in [-0.1, -0.05) is 18.2 Å². The highest BCUT2D eigenvalue weighted by Crippen LogP contribution is 2.20. The van der Waals surface area contributed by atoms with Crippen molar-refractivity contribution in [1.29, 1.82) is 0 Å². The number of pyridine rings is 1. The molecular weight excluding hydrogens is 359 g/mol. The molecule has 144 valence electrons. The third-order valence-electron chi connectivity index (χ3n) is 4.09. The Balaban J connectivity index is 1.51. The minimum atomic E-state index is -0.432. The van der Waals surface area contributed by atoms with Crippen LogP contribution in [0, 0.1) is 5.82 Å². The number of halogens is 1. The number of nitrogens with zero attached hydrogens (tertiary/aromatic N) is 1. The zero-order valence-corrected chi connectivity index (χ0v) is 15.5. The summed E-state index contributed by atoms with van der Waals surface area (Å²) < 4.78 is 24.3. The van der Waals surface area contributed by atoms with Crippen molar-refractivity contribution in [2.75, 3.05) is 12.4 Å². The van der Waals surface area contributed by atoms with Crippen LogP contribution in [0.15, 0.2) is 66.9 Å². The van der Waals surface area contributed by atoms with E-state index in [4.69, 9.17) is 9.47 Å². The SMILES string of the molecule is COc1ccc(CCC(=O)Nc2cccc(OCc3ccccn3)c2)cc1F. The van der Waals surface area contributed by atoms with Crippen molar-refractivity contribution in [3.63, 3.8) is 0 Å². The fourth-order valence-electron chi connectivity index (χ4n) is 2.65. The number of aromatic nitrogens is 1. The summed E-state index contributed by atoms with van der Waals surface area (Å²) in [5.74, 6) is 0.243. The zero-order valence-electron chi connectivity index (χ0n) is 15.5. The number of hydrogen-bond acceptors (Lipinski definition) is 4. The number of anilines is 1. The molecule has 0 spiro atoms. The second-order valence-electron chi connectivity index (χ2n) is 6.15. The van der Waals surface area contributed by atoms with E-state index in [0.717, 1.165) is 11.3 Å². The van der Waals surface area contributed by atoms with Gasteiger partial charge in [-0.2, -0.15) is 0 Å². The lowest BCUT2D eigenvalue weighted by Gasteiger charge is -2.09. The molecule has 2 aromatic carbocycles. The summed E-state index contributed by atoms with van der Waals surface area (Å²) >= 11 is 0. The number of hydrogen-bond donors (Lipinski definition) is 1. The average Bonchev–Trinajstić information content (AvgIpc) is 2.72. The first-order valence-electron chi connectivity index (χ1n) is 8.89. The van der Waals surface area contributed by atoms with Gasteiger partial charge in [0.1, 0.15) is 12.4 Å². The highest BCUT2D eigenvalue weighted by atomic mass is 19.1. The molecule has 1 heterocycles. The van der Waals surface area contributed by atoms with E-state index < -0.39 is 5.82 Å². The molecule has 5 nitrogen and oxygen atoms in total. The summed E-state index contributed by atoms with van der Waals surface area (Å²) in [5.41, 5.74) is 2.20. The normalized spacial score (nSPS) is 10.4. The molecule has 0 aliphatic rings. The Kier molecular flexibility index (Phi) is 6.57. The Bertz CT molecular complexity index is 932. The van der Waals surface area contributed by atoms with E-state index in [2.05, 4.69) is 10.3 Å². The molecule has 0 radical (unpaired) electrons. The monoisotopic (exact) mass is 380 g/mol. The molecule has 0 unspecified atom stereocenters. The number of carbonyl (C=O) groups is 1. The molecule has 0 saturated carbocycles. The Morgan fingerprint density at radius 1 is 1.11 bits per heavy atom. The van der Waals surface area contributed by atoms with Crippen LogP contribution in [0.3, 0.4) is 0 Å². The summed E-state index contributed by atoms with van der Waals surface area (Å²) in [5, 5.41) is 2.83. The van der Waals surface area contributed by atoms with Gasteiger partial charge in [-0.05, 0) is 48.4 Å². The standard InChI is InChI=1S/C22H21FN2O3/c1-27-21-10-8-16(13-20(21)23)9-11-22(26)25-17-6-4-7-19(14-17)28-15-18-5-2-3-12-24-18/h2-8,10,12-14H,9,11,15H2,1H3,(H,25,26). The molecule has 1 amide bonds. The van der Waals surface area contributed by atoms with E-state index in [1.165, 1.54) is 13.2 Å². The van der Waals surface area contributed by atoms with Crippen molar-refractivity contribution in [2.24, 2.45) is 0 Å². The van der Waals surface area contributed by atoms with E-state index >= 15 is 0 Å². The van der Waals surface area contributed by atoms with Crippen molar-refractivity contribution in [3.8, 4) is 11.5 Å². The van der Waals surface area contributed by atoms with Crippen molar-refractivity contribution in [2.45, 2.75) is 19.4 Å². The summed E-state index contributed by atoms with van der Waals surface area (Å²) in [7, 11) is 1.42. The largest absolute Gasteiger partial charge is 0.494 e. The average molecular weight is 380 g/mol. The molecular formula is C22H21FN2O3. The quantitative estimate of drug-likeness (QED) is 0.630. The highest BCUT2D eigenvalue weighted by Gasteiger charge is 2.07. The number of benzene rings is 2. The van der Waals surface area contributed by atoms with Crippen molar-refractivity contribution in [3.05, 3.63) is 83.9 Å². The van der Waals surface area contributed by atoms with E-state index in [1.54, 1.807) is 30.5 Å². The summed E-state index contributed by atoms with van der Waals surface area (Å²) in [6.07, 6.45) is 2.39. The van der Waals surface area contributed by atoms with E-state index in [0.29, 0.717) is 24.5 Å². The molecule has 0 fully saturated rings. The third-order valence-corrected chi connectivity index (χ3v) is 4.09. The summed E-state index contributed by atoms with van der Waals surface area (Å²) in [4.78, 5) is 16.4. The van der Waals surface area contributed by atoms with Crippen molar-refractivity contribution >= 4 is 11.6 Å². The minimum Gasteiger partial charge on any atom is -0.494 e. The first-order valence-corrected chi connectivity index (χ1v) is 8.89. The van der Waals surface area contributed by atoms with Gasteiger partial charge in [0.2, 0.25) is 5.91 Å². The van der Waals surface area contributed by atoms with Crippen molar-refractivity contribution in [1.82, 2.24) is 4.98 Å². The lowest BCUT2D eigenvalue weighted by atomic mass is 10.1. The van der Waals surface area contributed by atoms with E-state index in [1.807, 2.05) is 30.3 Å². The van der Waals surface area contributed by atoms with E-state index in [-0.39, 0.29) is 18.1 Å². The second kappa shape index (κ2) is 9.50. The van der Waals surface area contributed by atoms with Crippen LogP contribution < -0.4 is 14.8 Å². The molecule has 3 rings (SSSR count). The maximum Gasteiger partial charge on any atom is 0.224 e. The van der Waals surface area contributed by atoms with Gasteiger partial charge in [0.05, 0.1) is 12.8 Å². The number of amides is 1. The Hall–Kier alpha value is -3.41. The number of rotatable bonds is 8. The van der Waals surface area contributed by atoms with Gasteiger partial charge in [-0.25, -0.2) is 4.39 Å². The summed E-state index contributed by atoms with van der Waals surface area (Å²) in [6.45, 7) is 0.348. The first-order chi connectivity index (χ1) is 13.6. The van der Waals surface area contributed by atoms with Gasteiger partial charge in [0.25, 0.3) is 0 Å². The van der Waals surface area contributed by atoms with Crippen LogP contribution in [0.2, 0.25) is 0 Å². The number of ether oxygens (including phenoxy) is 2. The smallest absolute Gasteiger partial charge is 0.224 e. The molecule has 0 bridgehead atoms. The lowest BCUT2D eigenvalue weighted by Crippen LogP contribution is -2.12. The molecule has 0 saturated heterocycles. The number of nitrogens with one attached hydrogen (secondary N) is 1. The maximum absolute atomic E-state index is 13.7. The number of methoxy groups -OCH3 is 1. The van der Waals surface area contributed by atoms with Crippen LogP contribution in [0.5, 0.6) is 11.5 Å². The van der Waals surface area contributed by atoms with Gasteiger partial charge in [0.15, 0.2) is 11.6 Å². The second-order valence-corrected chi connectivity index (χ2v) is 6.15. The predicted octanol–water partition coefficient (Wildman–Crippen LogP) is 4.38. The number of carbonyl (C=O) groups excluding carboxylic acids is 1. The zero-order chi connectivity index (χ0) is 19.8. The molecule has 1 aromatic heterocycles. The Morgan fingerprint density at radius 3 is 2.75 bits per heavy atom. The van der Waals surface area contributed by atoms with Gasteiger partial charge in [-0.15, -0.1) is 0 Å².